The standard InChI is InChI=1S/C24H21ClF3N9O3/c1-3-40-21(38)17-10-20(37-36-17)33-19-8-12(2)30-22(34-19)31-14-5-7-18(29-11-14)35-23(39)32-13-4-6-16(25)15(9-13)24(26,27)28/h4-11H,3H2,1-2H3,(H2,29,32,35,39)(H3,30,31,33,34,36,37). The van der Waals surface area contributed by atoms with Gasteiger partial charge in [0.2, 0.25) is 5.95 Å². The van der Waals surface area contributed by atoms with Gasteiger partial charge in [-0.15, -0.1) is 0 Å². The van der Waals surface area contributed by atoms with Gasteiger partial charge in [-0.25, -0.2) is 19.6 Å². The normalized spacial score (nSPS) is 11.1. The molecule has 0 aliphatic carbocycles. The van der Waals surface area contributed by atoms with E-state index in [1.165, 1.54) is 24.4 Å². The Morgan fingerprint density at radius 1 is 1.00 bits per heavy atom. The molecule has 40 heavy (non-hydrogen) atoms. The molecule has 0 atom stereocenters. The zero-order valence-electron chi connectivity index (χ0n) is 20.9. The Bertz CT molecular complexity index is 1530. The van der Waals surface area contributed by atoms with Crippen molar-refractivity contribution in [3.63, 3.8) is 0 Å². The van der Waals surface area contributed by atoms with Crippen LogP contribution in [0.1, 0.15) is 28.7 Å². The zero-order chi connectivity index (χ0) is 28.9. The molecule has 0 aliphatic rings. The summed E-state index contributed by atoms with van der Waals surface area (Å²) in [7, 11) is 0. The minimum absolute atomic E-state index is 0.0965. The topological polar surface area (TPSA) is 159 Å². The molecule has 12 nitrogen and oxygen atoms in total. The molecule has 3 heterocycles. The highest BCUT2D eigenvalue weighted by molar-refractivity contribution is 6.31. The lowest BCUT2D eigenvalue weighted by atomic mass is 10.2. The molecule has 0 radical (unpaired) electrons. The number of alkyl halides is 3. The van der Waals surface area contributed by atoms with Gasteiger partial charge in [-0.05, 0) is 44.2 Å². The molecule has 5 N–H and O–H groups in total. The number of nitrogens with one attached hydrogen (secondary N) is 5. The van der Waals surface area contributed by atoms with Crippen molar-refractivity contribution in [2.75, 3.05) is 27.9 Å². The third kappa shape index (κ3) is 7.35. The minimum atomic E-state index is -4.67. The molecule has 0 bridgehead atoms. The van der Waals surface area contributed by atoms with Gasteiger partial charge in [-0.2, -0.15) is 23.3 Å². The number of amides is 2. The number of aromatic amines is 1. The number of anilines is 6. The predicted molar refractivity (Wildman–Crippen MR) is 141 cm³/mol. The van der Waals surface area contributed by atoms with Crippen LogP contribution in [0.4, 0.5) is 52.7 Å². The summed E-state index contributed by atoms with van der Waals surface area (Å²) >= 11 is 5.60. The lowest BCUT2D eigenvalue weighted by Crippen LogP contribution is -2.20. The van der Waals surface area contributed by atoms with E-state index in [0.717, 1.165) is 12.1 Å². The van der Waals surface area contributed by atoms with E-state index in [4.69, 9.17) is 16.3 Å². The van der Waals surface area contributed by atoms with Crippen molar-refractivity contribution in [2.24, 2.45) is 0 Å². The summed E-state index contributed by atoms with van der Waals surface area (Å²) in [6.07, 6.45) is -3.26. The molecule has 16 heteroatoms. The summed E-state index contributed by atoms with van der Waals surface area (Å²) in [5, 5.41) is 16.8. The first-order chi connectivity index (χ1) is 19.0. The number of benzene rings is 1. The second-order valence-corrected chi connectivity index (χ2v) is 8.47. The van der Waals surface area contributed by atoms with Crippen LogP contribution in [0.25, 0.3) is 0 Å². The van der Waals surface area contributed by atoms with Crippen LogP contribution >= 0.6 is 11.6 Å². The Morgan fingerprint density at radius 3 is 2.48 bits per heavy atom. The fraction of sp³-hybridized carbons (Fsp3) is 0.167. The van der Waals surface area contributed by atoms with Gasteiger partial charge in [0.1, 0.15) is 17.5 Å². The summed E-state index contributed by atoms with van der Waals surface area (Å²) in [6.45, 7) is 3.68. The number of hydrogen-bond donors (Lipinski definition) is 5. The summed E-state index contributed by atoms with van der Waals surface area (Å²) in [4.78, 5) is 36.8. The molecule has 2 amide bonds. The third-order valence-corrected chi connectivity index (χ3v) is 5.30. The van der Waals surface area contributed by atoms with Gasteiger partial charge in [-0.1, -0.05) is 11.6 Å². The SMILES string of the molecule is CCOC(=O)c1cc(Nc2cc(C)nc(Nc3ccc(NC(=O)Nc4ccc(Cl)c(C(F)(F)F)c4)nc3)n2)[nH]n1. The van der Waals surface area contributed by atoms with E-state index < -0.39 is 28.8 Å². The monoisotopic (exact) mass is 575 g/mol. The van der Waals surface area contributed by atoms with E-state index in [1.807, 2.05) is 0 Å². The van der Waals surface area contributed by atoms with Crippen molar-refractivity contribution in [3.8, 4) is 0 Å². The number of ether oxygens (including phenoxy) is 1. The van der Waals surface area contributed by atoms with E-state index >= 15 is 0 Å². The summed E-state index contributed by atoms with van der Waals surface area (Å²) in [6, 6.07) is 8.45. The van der Waals surface area contributed by atoms with Crippen molar-refractivity contribution >= 4 is 58.4 Å². The van der Waals surface area contributed by atoms with Gasteiger partial charge >= 0.3 is 18.2 Å². The van der Waals surface area contributed by atoms with Crippen molar-refractivity contribution < 1.29 is 27.5 Å². The van der Waals surface area contributed by atoms with Crippen LogP contribution in [0, 0.1) is 6.92 Å². The Hall–Kier alpha value is -4.92. The van der Waals surface area contributed by atoms with Gasteiger partial charge in [0.15, 0.2) is 5.69 Å². The molecule has 0 unspecified atom stereocenters. The van der Waals surface area contributed by atoms with Crippen molar-refractivity contribution in [1.82, 2.24) is 25.1 Å². The van der Waals surface area contributed by atoms with Gasteiger partial charge in [-0.3, -0.25) is 10.4 Å². The summed E-state index contributed by atoms with van der Waals surface area (Å²) < 4.78 is 44.0. The number of esters is 1. The molecule has 4 rings (SSSR count). The van der Waals surface area contributed by atoms with Crippen LogP contribution in [0.3, 0.4) is 0 Å². The smallest absolute Gasteiger partial charge is 0.417 e. The Kier molecular flexibility index (Phi) is 8.33. The van der Waals surface area contributed by atoms with Crippen molar-refractivity contribution in [2.45, 2.75) is 20.0 Å². The van der Waals surface area contributed by atoms with Gasteiger partial charge in [0, 0.05) is 23.5 Å². The highest BCUT2D eigenvalue weighted by atomic mass is 35.5. The van der Waals surface area contributed by atoms with Gasteiger partial charge in [0.05, 0.1) is 29.1 Å². The Morgan fingerprint density at radius 2 is 1.77 bits per heavy atom. The van der Waals surface area contributed by atoms with Crippen LogP contribution in [0.2, 0.25) is 5.02 Å². The van der Waals surface area contributed by atoms with Crippen LogP contribution in [-0.2, 0) is 10.9 Å². The molecule has 0 saturated heterocycles. The number of halogens is 4. The number of rotatable bonds is 8. The molecular weight excluding hydrogens is 555 g/mol. The highest BCUT2D eigenvalue weighted by Gasteiger charge is 2.33. The van der Waals surface area contributed by atoms with E-state index in [1.54, 1.807) is 26.0 Å². The number of pyridine rings is 1. The number of aromatic nitrogens is 5. The average molecular weight is 576 g/mol. The Labute approximate surface area is 229 Å². The van der Waals surface area contributed by atoms with E-state index in [2.05, 4.69) is 46.4 Å². The molecular formula is C24H21ClF3N9O3. The molecule has 0 spiro atoms. The summed E-state index contributed by atoms with van der Waals surface area (Å²) in [5.74, 6) is 0.633. The highest BCUT2D eigenvalue weighted by Crippen LogP contribution is 2.36. The molecule has 0 saturated carbocycles. The van der Waals surface area contributed by atoms with Crippen molar-refractivity contribution in [1.29, 1.82) is 0 Å². The first-order valence-electron chi connectivity index (χ1n) is 11.5. The van der Waals surface area contributed by atoms with E-state index in [-0.39, 0.29) is 29.8 Å². The first-order valence-corrected chi connectivity index (χ1v) is 11.9. The number of hydrogen-bond acceptors (Lipinski definition) is 9. The van der Waals surface area contributed by atoms with Crippen LogP contribution in [0.15, 0.2) is 48.7 Å². The molecule has 3 aromatic heterocycles. The number of carbonyl (C=O) groups is 2. The largest absolute Gasteiger partial charge is 0.461 e. The maximum Gasteiger partial charge on any atom is 0.417 e. The maximum atomic E-state index is 13.0. The van der Waals surface area contributed by atoms with Gasteiger partial charge in [0.25, 0.3) is 0 Å². The number of carbonyl (C=O) groups excluding carboxylic acids is 2. The van der Waals surface area contributed by atoms with Crippen molar-refractivity contribution in [3.05, 3.63) is 70.6 Å². The summed E-state index contributed by atoms with van der Waals surface area (Å²) in [5.41, 5.74) is 0.0650. The number of urea groups is 1. The lowest BCUT2D eigenvalue weighted by Gasteiger charge is -2.12. The first kappa shape index (κ1) is 28.1. The molecule has 4 aromatic rings. The fourth-order valence-corrected chi connectivity index (χ4v) is 3.52. The number of H-pyrrole nitrogens is 1. The maximum absolute atomic E-state index is 13.0. The van der Waals surface area contributed by atoms with E-state index in [0.29, 0.717) is 23.0 Å². The molecule has 0 fully saturated rings. The van der Waals surface area contributed by atoms with E-state index in [9.17, 15) is 22.8 Å². The molecule has 208 valence electrons. The molecule has 0 aliphatic heterocycles. The van der Waals surface area contributed by atoms with Crippen LogP contribution in [0.5, 0.6) is 0 Å². The predicted octanol–water partition coefficient (Wildman–Crippen LogP) is 5.88. The third-order valence-electron chi connectivity index (χ3n) is 4.97. The van der Waals surface area contributed by atoms with Gasteiger partial charge < -0.3 is 20.7 Å². The zero-order valence-corrected chi connectivity index (χ0v) is 21.6. The lowest BCUT2D eigenvalue weighted by molar-refractivity contribution is -0.137. The quantitative estimate of drug-likeness (QED) is 0.162. The fourth-order valence-electron chi connectivity index (χ4n) is 3.29. The average Bonchev–Trinajstić information content (AvgIpc) is 3.34. The Balaban J connectivity index is 1.37. The molecule has 1 aromatic carbocycles. The minimum Gasteiger partial charge on any atom is -0.461 e. The van der Waals surface area contributed by atoms with Crippen LogP contribution < -0.4 is 21.3 Å². The second-order valence-electron chi connectivity index (χ2n) is 8.06. The number of nitrogens with zero attached hydrogens (tertiary/aromatic N) is 4. The second kappa shape index (κ2) is 11.9. The number of aryl methyl sites for hydroxylation is 1. The van der Waals surface area contributed by atoms with Crippen LogP contribution in [-0.4, -0.2) is 43.8 Å².